The predicted octanol–water partition coefficient (Wildman–Crippen LogP) is 4.56. The van der Waals surface area contributed by atoms with Gasteiger partial charge in [-0.15, -0.1) is 0 Å². The number of nitrogens with one attached hydrogen (secondary N) is 1. The van der Waals surface area contributed by atoms with Crippen LogP contribution in [0.4, 0.5) is 11.5 Å². The minimum atomic E-state index is 0.486. The van der Waals surface area contributed by atoms with E-state index in [0.717, 1.165) is 21.5 Å². The van der Waals surface area contributed by atoms with E-state index in [1.807, 2.05) is 54.6 Å². The first-order valence-electron chi connectivity index (χ1n) is 6.81. The third-order valence-electron chi connectivity index (χ3n) is 2.96. The smallest absolute Gasteiger partial charge is 0.228 e. The van der Waals surface area contributed by atoms with Crippen molar-refractivity contribution in [2.75, 3.05) is 5.32 Å². The van der Waals surface area contributed by atoms with Crippen LogP contribution in [-0.4, -0.2) is 9.97 Å². The second-order valence-corrected chi connectivity index (χ2v) is 5.48. The SMILES string of the molecule is Brc1cc(Nc2ccccn2)cnc1OCc1ccccc1. The van der Waals surface area contributed by atoms with Crippen molar-refractivity contribution in [2.24, 2.45) is 0 Å². The normalized spacial score (nSPS) is 10.2. The number of hydrogen-bond acceptors (Lipinski definition) is 4. The molecule has 0 spiro atoms. The van der Waals surface area contributed by atoms with Gasteiger partial charge in [-0.25, -0.2) is 9.97 Å². The summed E-state index contributed by atoms with van der Waals surface area (Å²) in [6.45, 7) is 0.486. The number of hydrogen-bond donors (Lipinski definition) is 1. The van der Waals surface area contributed by atoms with Crippen molar-refractivity contribution in [2.45, 2.75) is 6.61 Å². The molecule has 0 fully saturated rings. The fourth-order valence-electron chi connectivity index (χ4n) is 1.91. The number of aromatic nitrogens is 2. The molecule has 0 aliphatic carbocycles. The van der Waals surface area contributed by atoms with Crippen molar-refractivity contribution >= 4 is 27.4 Å². The van der Waals surface area contributed by atoms with Gasteiger partial charge in [-0.05, 0) is 39.7 Å². The highest BCUT2D eigenvalue weighted by Gasteiger charge is 2.05. The van der Waals surface area contributed by atoms with Crippen molar-refractivity contribution in [1.82, 2.24) is 9.97 Å². The molecule has 0 atom stereocenters. The van der Waals surface area contributed by atoms with Gasteiger partial charge in [-0.1, -0.05) is 36.4 Å². The summed E-state index contributed by atoms with van der Waals surface area (Å²) >= 11 is 3.49. The van der Waals surface area contributed by atoms with Crippen molar-refractivity contribution in [1.29, 1.82) is 0 Å². The van der Waals surface area contributed by atoms with Gasteiger partial charge in [-0.2, -0.15) is 0 Å². The molecule has 2 heterocycles. The van der Waals surface area contributed by atoms with E-state index in [9.17, 15) is 0 Å². The molecule has 0 unspecified atom stereocenters. The van der Waals surface area contributed by atoms with E-state index in [2.05, 4.69) is 31.2 Å². The topological polar surface area (TPSA) is 47.0 Å². The minimum Gasteiger partial charge on any atom is -0.472 e. The van der Waals surface area contributed by atoms with E-state index >= 15 is 0 Å². The van der Waals surface area contributed by atoms with Crippen LogP contribution in [0.2, 0.25) is 0 Å². The fraction of sp³-hybridized carbons (Fsp3) is 0.0588. The average Bonchev–Trinajstić information content (AvgIpc) is 2.56. The lowest BCUT2D eigenvalue weighted by molar-refractivity contribution is 0.292. The number of nitrogens with zero attached hydrogens (tertiary/aromatic N) is 2. The lowest BCUT2D eigenvalue weighted by Crippen LogP contribution is -1.99. The Balaban J connectivity index is 1.67. The molecule has 3 aromatic rings. The zero-order valence-electron chi connectivity index (χ0n) is 11.7. The van der Waals surface area contributed by atoms with Crippen LogP contribution in [-0.2, 0) is 6.61 Å². The summed E-state index contributed by atoms with van der Waals surface area (Å²) in [4.78, 5) is 8.55. The van der Waals surface area contributed by atoms with Gasteiger partial charge in [0, 0.05) is 6.20 Å². The molecular weight excluding hydrogens is 342 g/mol. The van der Waals surface area contributed by atoms with Crippen LogP contribution >= 0.6 is 15.9 Å². The highest BCUT2D eigenvalue weighted by Crippen LogP contribution is 2.27. The van der Waals surface area contributed by atoms with Crippen LogP contribution in [0.3, 0.4) is 0 Å². The Hall–Kier alpha value is -2.40. The van der Waals surface area contributed by atoms with Crippen molar-refractivity contribution in [3.8, 4) is 5.88 Å². The average molecular weight is 356 g/mol. The lowest BCUT2D eigenvalue weighted by atomic mass is 10.2. The summed E-state index contributed by atoms with van der Waals surface area (Å²) in [6, 6.07) is 17.6. The second kappa shape index (κ2) is 7.04. The first-order chi connectivity index (χ1) is 10.8. The summed E-state index contributed by atoms with van der Waals surface area (Å²) in [5.74, 6) is 1.34. The summed E-state index contributed by atoms with van der Waals surface area (Å²) in [6.07, 6.45) is 3.46. The Kier molecular flexibility index (Phi) is 4.65. The molecule has 0 saturated carbocycles. The number of benzene rings is 1. The van der Waals surface area contributed by atoms with E-state index in [1.165, 1.54) is 0 Å². The van der Waals surface area contributed by atoms with Gasteiger partial charge in [0.2, 0.25) is 5.88 Å². The van der Waals surface area contributed by atoms with Crippen LogP contribution in [0.25, 0.3) is 0 Å². The van der Waals surface area contributed by atoms with Gasteiger partial charge in [0.15, 0.2) is 0 Å². The molecular formula is C17H14BrN3O. The zero-order chi connectivity index (χ0) is 15.2. The van der Waals surface area contributed by atoms with Crippen molar-refractivity contribution < 1.29 is 4.74 Å². The molecule has 0 radical (unpaired) electrons. The number of anilines is 2. The molecule has 0 aliphatic heterocycles. The number of halogens is 1. The highest BCUT2D eigenvalue weighted by atomic mass is 79.9. The number of rotatable bonds is 5. The molecule has 0 saturated heterocycles. The maximum Gasteiger partial charge on any atom is 0.228 e. The van der Waals surface area contributed by atoms with Crippen LogP contribution in [0.1, 0.15) is 5.56 Å². The van der Waals surface area contributed by atoms with E-state index in [-0.39, 0.29) is 0 Å². The quantitative estimate of drug-likeness (QED) is 0.728. The Morgan fingerprint density at radius 2 is 1.82 bits per heavy atom. The van der Waals surface area contributed by atoms with E-state index in [0.29, 0.717) is 12.5 Å². The Morgan fingerprint density at radius 1 is 1.00 bits per heavy atom. The van der Waals surface area contributed by atoms with Gasteiger partial charge < -0.3 is 10.1 Å². The highest BCUT2D eigenvalue weighted by molar-refractivity contribution is 9.10. The molecule has 2 aromatic heterocycles. The summed E-state index contributed by atoms with van der Waals surface area (Å²) in [7, 11) is 0. The molecule has 1 aromatic carbocycles. The molecule has 110 valence electrons. The first kappa shape index (κ1) is 14.5. The van der Waals surface area contributed by atoms with Crippen LogP contribution in [0.5, 0.6) is 5.88 Å². The first-order valence-corrected chi connectivity index (χ1v) is 7.61. The maximum absolute atomic E-state index is 5.73. The fourth-order valence-corrected chi connectivity index (χ4v) is 2.37. The zero-order valence-corrected chi connectivity index (χ0v) is 13.3. The molecule has 4 nitrogen and oxygen atoms in total. The van der Waals surface area contributed by atoms with E-state index < -0.39 is 0 Å². The number of ether oxygens (including phenoxy) is 1. The molecule has 5 heteroatoms. The Labute approximate surface area is 137 Å². The van der Waals surface area contributed by atoms with Gasteiger partial charge in [0.05, 0.1) is 16.4 Å². The Bertz CT molecular complexity index is 735. The standard InChI is InChI=1S/C17H14BrN3O/c18-15-10-14(21-16-8-4-5-9-19-16)11-20-17(15)22-12-13-6-2-1-3-7-13/h1-11H,12H2,(H,19,21). The van der Waals surface area contributed by atoms with Crippen LogP contribution < -0.4 is 10.1 Å². The number of pyridine rings is 2. The third kappa shape index (κ3) is 3.83. The molecule has 0 amide bonds. The van der Waals surface area contributed by atoms with Gasteiger partial charge >= 0.3 is 0 Å². The largest absolute Gasteiger partial charge is 0.472 e. The lowest BCUT2D eigenvalue weighted by Gasteiger charge is -2.10. The summed E-state index contributed by atoms with van der Waals surface area (Å²) in [5, 5.41) is 3.19. The second-order valence-electron chi connectivity index (χ2n) is 4.63. The molecule has 0 aliphatic rings. The molecule has 3 rings (SSSR count). The van der Waals surface area contributed by atoms with E-state index in [1.54, 1.807) is 12.4 Å². The monoisotopic (exact) mass is 355 g/mol. The van der Waals surface area contributed by atoms with Crippen LogP contribution in [0, 0.1) is 0 Å². The van der Waals surface area contributed by atoms with Gasteiger partial charge in [-0.3, -0.25) is 0 Å². The van der Waals surface area contributed by atoms with Crippen molar-refractivity contribution in [3.05, 3.63) is 77.0 Å². The van der Waals surface area contributed by atoms with Crippen molar-refractivity contribution in [3.63, 3.8) is 0 Å². The predicted molar refractivity (Wildman–Crippen MR) is 90.2 cm³/mol. The maximum atomic E-state index is 5.73. The van der Waals surface area contributed by atoms with E-state index in [4.69, 9.17) is 4.74 Å². The molecule has 22 heavy (non-hydrogen) atoms. The Morgan fingerprint density at radius 3 is 2.55 bits per heavy atom. The van der Waals surface area contributed by atoms with Gasteiger partial charge in [0.25, 0.3) is 0 Å². The molecule has 0 bridgehead atoms. The summed E-state index contributed by atoms with van der Waals surface area (Å²) in [5.41, 5.74) is 1.95. The minimum absolute atomic E-state index is 0.486. The summed E-state index contributed by atoms with van der Waals surface area (Å²) < 4.78 is 6.52. The third-order valence-corrected chi connectivity index (χ3v) is 3.53. The van der Waals surface area contributed by atoms with Crippen LogP contribution in [0.15, 0.2) is 71.5 Å². The molecule has 1 N–H and O–H groups in total. The van der Waals surface area contributed by atoms with Gasteiger partial charge in [0.1, 0.15) is 12.4 Å².